The van der Waals surface area contributed by atoms with Crippen molar-refractivity contribution in [1.82, 2.24) is 15.5 Å². The van der Waals surface area contributed by atoms with Crippen molar-refractivity contribution in [3.63, 3.8) is 0 Å². The van der Waals surface area contributed by atoms with Crippen LogP contribution >= 0.6 is 0 Å². The first-order chi connectivity index (χ1) is 12.8. The minimum absolute atomic E-state index is 0.0564. The van der Waals surface area contributed by atoms with Crippen LogP contribution in [0, 0.1) is 6.92 Å². The number of carbonyl (C=O) groups is 1. The predicted molar refractivity (Wildman–Crippen MR) is 103 cm³/mol. The summed E-state index contributed by atoms with van der Waals surface area (Å²) in [5.41, 5.74) is 2.50. The fraction of sp³-hybridized carbons (Fsp3) is 0.286. The van der Waals surface area contributed by atoms with E-state index in [-0.39, 0.29) is 18.1 Å². The third kappa shape index (κ3) is 5.17. The van der Waals surface area contributed by atoms with Gasteiger partial charge in [-0.15, -0.1) is 0 Å². The lowest BCUT2D eigenvalue weighted by molar-refractivity contribution is -0.124. The van der Waals surface area contributed by atoms with Gasteiger partial charge in [0.1, 0.15) is 5.75 Å². The number of aryl methyl sites for hydroxylation is 1. The Labute approximate surface area is 158 Å². The van der Waals surface area contributed by atoms with E-state index in [0.29, 0.717) is 17.5 Å². The highest BCUT2D eigenvalue weighted by atomic mass is 16.5. The SMILES string of the molecule is Cc1ccc(-c2noc(-c3cccc(OCC(=O)NC(C)(C)C)c3)n2)cc1. The minimum atomic E-state index is -0.293. The molecule has 0 saturated heterocycles. The number of benzene rings is 2. The van der Waals surface area contributed by atoms with E-state index in [4.69, 9.17) is 9.26 Å². The van der Waals surface area contributed by atoms with E-state index in [0.717, 1.165) is 11.1 Å². The Kier molecular flexibility index (Phi) is 5.26. The molecule has 3 aromatic rings. The van der Waals surface area contributed by atoms with E-state index in [9.17, 15) is 4.79 Å². The summed E-state index contributed by atoms with van der Waals surface area (Å²) < 4.78 is 11.0. The molecule has 0 fully saturated rings. The number of nitrogens with one attached hydrogen (secondary N) is 1. The van der Waals surface area contributed by atoms with Crippen molar-refractivity contribution in [3.05, 3.63) is 54.1 Å². The Balaban J connectivity index is 1.70. The molecule has 1 aromatic heterocycles. The van der Waals surface area contributed by atoms with Crippen molar-refractivity contribution in [2.45, 2.75) is 33.2 Å². The Morgan fingerprint density at radius 1 is 1.11 bits per heavy atom. The maximum atomic E-state index is 11.9. The molecule has 27 heavy (non-hydrogen) atoms. The number of amides is 1. The summed E-state index contributed by atoms with van der Waals surface area (Å²) >= 11 is 0. The maximum absolute atomic E-state index is 11.9. The van der Waals surface area contributed by atoms with E-state index in [2.05, 4.69) is 15.5 Å². The van der Waals surface area contributed by atoms with Gasteiger partial charge in [-0.2, -0.15) is 4.98 Å². The molecule has 1 N–H and O–H groups in total. The summed E-state index contributed by atoms with van der Waals surface area (Å²) in [7, 11) is 0. The van der Waals surface area contributed by atoms with Gasteiger partial charge in [-0.05, 0) is 45.9 Å². The number of rotatable bonds is 5. The van der Waals surface area contributed by atoms with Gasteiger partial charge in [0, 0.05) is 16.7 Å². The summed E-state index contributed by atoms with van der Waals surface area (Å²) in [6.45, 7) is 7.74. The highest BCUT2D eigenvalue weighted by Crippen LogP contribution is 2.25. The lowest BCUT2D eigenvalue weighted by atomic mass is 10.1. The van der Waals surface area contributed by atoms with Crippen LogP contribution in [0.25, 0.3) is 22.8 Å². The van der Waals surface area contributed by atoms with E-state index in [1.165, 1.54) is 5.56 Å². The normalized spacial score (nSPS) is 11.3. The van der Waals surface area contributed by atoms with Crippen molar-refractivity contribution in [1.29, 1.82) is 0 Å². The lowest BCUT2D eigenvalue weighted by Gasteiger charge is -2.20. The standard InChI is InChI=1S/C21H23N3O3/c1-14-8-10-15(11-9-14)19-22-20(27-24-19)16-6-5-7-17(12-16)26-13-18(25)23-21(2,3)4/h5-12H,13H2,1-4H3,(H,23,25). The molecule has 1 heterocycles. The number of hydrogen-bond donors (Lipinski definition) is 1. The first kappa shape index (κ1) is 18.6. The Morgan fingerprint density at radius 2 is 1.85 bits per heavy atom. The first-order valence-electron chi connectivity index (χ1n) is 8.75. The number of carbonyl (C=O) groups excluding carboxylic acids is 1. The first-order valence-corrected chi connectivity index (χ1v) is 8.75. The molecule has 1 amide bonds. The van der Waals surface area contributed by atoms with Crippen LogP contribution in [0.15, 0.2) is 53.1 Å². The van der Waals surface area contributed by atoms with Gasteiger partial charge < -0.3 is 14.6 Å². The number of nitrogens with zero attached hydrogens (tertiary/aromatic N) is 2. The number of ether oxygens (including phenoxy) is 1. The second kappa shape index (κ2) is 7.61. The van der Waals surface area contributed by atoms with E-state index in [1.54, 1.807) is 12.1 Å². The van der Waals surface area contributed by atoms with Crippen LogP contribution in [-0.2, 0) is 4.79 Å². The second-order valence-corrected chi connectivity index (χ2v) is 7.40. The molecular formula is C21H23N3O3. The highest BCUT2D eigenvalue weighted by molar-refractivity contribution is 5.78. The Hall–Kier alpha value is -3.15. The zero-order chi connectivity index (χ0) is 19.4. The molecule has 0 aliphatic heterocycles. The van der Waals surface area contributed by atoms with Crippen molar-refractivity contribution >= 4 is 5.91 Å². The Morgan fingerprint density at radius 3 is 2.56 bits per heavy atom. The van der Waals surface area contributed by atoms with Crippen molar-refractivity contribution < 1.29 is 14.1 Å². The molecule has 0 saturated carbocycles. The molecule has 0 radical (unpaired) electrons. The molecule has 0 atom stereocenters. The zero-order valence-corrected chi connectivity index (χ0v) is 15.9. The molecule has 0 bridgehead atoms. The van der Waals surface area contributed by atoms with Crippen molar-refractivity contribution in [3.8, 4) is 28.6 Å². The van der Waals surface area contributed by atoms with Crippen LogP contribution in [-0.4, -0.2) is 28.2 Å². The lowest BCUT2D eigenvalue weighted by Crippen LogP contribution is -2.43. The maximum Gasteiger partial charge on any atom is 0.258 e. The zero-order valence-electron chi connectivity index (χ0n) is 15.9. The van der Waals surface area contributed by atoms with Gasteiger partial charge in [-0.3, -0.25) is 4.79 Å². The summed E-state index contributed by atoms with van der Waals surface area (Å²) in [5.74, 6) is 1.31. The summed E-state index contributed by atoms with van der Waals surface area (Å²) in [4.78, 5) is 16.3. The molecule has 140 valence electrons. The summed E-state index contributed by atoms with van der Waals surface area (Å²) in [5, 5.41) is 6.90. The molecule has 6 heteroatoms. The fourth-order valence-corrected chi connectivity index (χ4v) is 2.48. The quantitative estimate of drug-likeness (QED) is 0.739. The van der Waals surface area contributed by atoms with E-state index < -0.39 is 0 Å². The summed E-state index contributed by atoms with van der Waals surface area (Å²) in [6.07, 6.45) is 0. The van der Waals surface area contributed by atoms with E-state index >= 15 is 0 Å². The third-order valence-corrected chi connectivity index (χ3v) is 3.70. The van der Waals surface area contributed by atoms with Gasteiger partial charge in [0.25, 0.3) is 11.8 Å². The van der Waals surface area contributed by atoms with E-state index in [1.807, 2.05) is 64.1 Å². The van der Waals surface area contributed by atoms with Crippen LogP contribution < -0.4 is 10.1 Å². The molecular weight excluding hydrogens is 342 g/mol. The summed E-state index contributed by atoms with van der Waals surface area (Å²) in [6, 6.07) is 15.2. The molecule has 0 spiro atoms. The number of aromatic nitrogens is 2. The predicted octanol–water partition coefficient (Wildman–Crippen LogP) is 4.01. The molecule has 3 rings (SSSR count). The highest BCUT2D eigenvalue weighted by Gasteiger charge is 2.15. The third-order valence-electron chi connectivity index (χ3n) is 3.70. The smallest absolute Gasteiger partial charge is 0.258 e. The molecule has 2 aromatic carbocycles. The van der Waals surface area contributed by atoms with Gasteiger partial charge in [-0.1, -0.05) is 41.1 Å². The van der Waals surface area contributed by atoms with Gasteiger partial charge in [-0.25, -0.2) is 0 Å². The van der Waals surface area contributed by atoms with Crippen molar-refractivity contribution in [2.75, 3.05) is 6.61 Å². The van der Waals surface area contributed by atoms with Gasteiger partial charge in [0.15, 0.2) is 6.61 Å². The largest absolute Gasteiger partial charge is 0.484 e. The number of hydrogen-bond acceptors (Lipinski definition) is 5. The van der Waals surface area contributed by atoms with Gasteiger partial charge >= 0.3 is 0 Å². The van der Waals surface area contributed by atoms with Crippen LogP contribution in [0.4, 0.5) is 0 Å². The minimum Gasteiger partial charge on any atom is -0.484 e. The Bertz CT molecular complexity index is 924. The van der Waals surface area contributed by atoms with Gasteiger partial charge in [0.2, 0.25) is 5.82 Å². The average Bonchev–Trinajstić information content (AvgIpc) is 3.09. The van der Waals surface area contributed by atoms with Gasteiger partial charge in [0.05, 0.1) is 0 Å². The topological polar surface area (TPSA) is 77.2 Å². The molecule has 6 nitrogen and oxygen atoms in total. The van der Waals surface area contributed by atoms with Crippen LogP contribution in [0.1, 0.15) is 26.3 Å². The average molecular weight is 365 g/mol. The van der Waals surface area contributed by atoms with Crippen molar-refractivity contribution in [2.24, 2.45) is 0 Å². The fourth-order valence-electron chi connectivity index (χ4n) is 2.48. The van der Waals surface area contributed by atoms with Crippen LogP contribution in [0.5, 0.6) is 5.75 Å². The molecule has 0 aliphatic rings. The van der Waals surface area contributed by atoms with Crippen LogP contribution in [0.2, 0.25) is 0 Å². The molecule has 0 unspecified atom stereocenters. The monoisotopic (exact) mass is 365 g/mol. The molecule has 0 aliphatic carbocycles. The van der Waals surface area contributed by atoms with Crippen LogP contribution in [0.3, 0.4) is 0 Å². The second-order valence-electron chi connectivity index (χ2n) is 7.40.